The fourth-order valence-corrected chi connectivity index (χ4v) is 5.79. The van der Waals surface area contributed by atoms with Crippen molar-refractivity contribution >= 4 is 34.0 Å². The first-order chi connectivity index (χ1) is 16.0. The van der Waals surface area contributed by atoms with Crippen LogP contribution in [0.2, 0.25) is 0 Å². The number of carbonyl (C=O) groups is 2. The van der Waals surface area contributed by atoms with Gasteiger partial charge in [0, 0.05) is 36.1 Å². The van der Waals surface area contributed by atoms with E-state index in [0.717, 1.165) is 48.8 Å². The number of para-hydroxylation sites is 2. The number of aliphatic carboxylic acids is 1. The first-order valence-electron chi connectivity index (χ1n) is 11.9. The fraction of sp³-hybridized carbons (Fsp3) is 0.333. The van der Waals surface area contributed by atoms with Gasteiger partial charge in [-0.25, -0.2) is 9.59 Å². The summed E-state index contributed by atoms with van der Waals surface area (Å²) < 4.78 is -0.144. The molecule has 2 aliphatic heterocycles. The number of H-pyrrole nitrogens is 1. The zero-order chi connectivity index (χ0) is 23.2. The van der Waals surface area contributed by atoms with Gasteiger partial charge in [-0.2, -0.15) is 0 Å². The maximum atomic E-state index is 14.8. The van der Waals surface area contributed by atoms with Crippen LogP contribution in [0, 0.1) is 0 Å². The number of hydrogen-bond acceptors (Lipinski definition) is 3. The van der Waals surface area contributed by atoms with Crippen molar-refractivity contribution in [3.05, 3.63) is 71.6 Å². The molecule has 0 saturated carbocycles. The number of quaternary nitrogens is 1. The summed E-state index contributed by atoms with van der Waals surface area (Å²) in [5.41, 5.74) is 3.85. The van der Waals surface area contributed by atoms with Crippen LogP contribution < -0.4 is 4.59 Å². The number of benzene rings is 2. The van der Waals surface area contributed by atoms with Crippen LogP contribution in [0.5, 0.6) is 0 Å². The van der Waals surface area contributed by atoms with E-state index in [1.54, 1.807) is 6.20 Å². The van der Waals surface area contributed by atoms with E-state index in [0.29, 0.717) is 23.2 Å². The van der Waals surface area contributed by atoms with Crippen LogP contribution in [0.3, 0.4) is 0 Å². The quantitative estimate of drug-likeness (QED) is 0.494. The molecule has 3 aromatic rings. The van der Waals surface area contributed by atoms with Gasteiger partial charge in [0.25, 0.3) is 0 Å². The SMILES string of the molecule is CCCC1=C(C(=O)O)c2ccccc2[N+]1(C(=O)c1c[nH]c2ccccc12)N1CCCCC1C. The van der Waals surface area contributed by atoms with Gasteiger partial charge in [-0.3, -0.25) is 0 Å². The number of carboxylic acids is 1. The first-order valence-corrected chi connectivity index (χ1v) is 11.9. The van der Waals surface area contributed by atoms with Gasteiger partial charge in [0.05, 0.1) is 11.6 Å². The number of allylic oxidation sites excluding steroid dienone is 1. The van der Waals surface area contributed by atoms with Gasteiger partial charge in [-0.1, -0.05) is 43.7 Å². The lowest BCUT2D eigenvalue weighted by Gasteiger charge is -2.46. The summed E-state index contributed by atoms with van der Waals surface area (Å²) >= 11 is 0. The van der Waals surface area contributed by atoms with Gasteiger partial charge >= 0.3 is 11.9 Å². The first kappa shape index (κ1) is 21.6. The minimum absolute atomic E-state index is 0.0895. The van der Waals surface area contributed by atoms with Gasteiger partial charge in [0.15, 0.2) is 11.4 Å². The molecule has 170 valence electrons. The normalized spacial score (nSPS) is 23.2. The Hall–Kier alpha value is -3.22. The van der Waals surface area contributed by atoms with Crippen molar-refractivity contribution < 1.29 is 14.7 Å². The average Bonchev–Trinajstić information content (AvgIpc) is 3.37. The van der Waals surface area contributed by atoms with Crippen molar-refractivity contribution in [2.45, 2.75) is 52.0 Å². The molecule has 1 amide bonds. The minimum atomic E-state index is -0.970. The number of fused-ring (bicyclic) bond motifs is 2. The van der Waals surface area contributed by atoms with Crippen molar-refractivity contribution in [3.8, 4) is 0 Å². The van der Waals surface area contributed by atoms with Crippen LogP contribution in [-0.2, 0) is 4.79 Å². The van der Waals surface area contributed by atoms with Crippen molar-refractivity contribution in [3.63, 3.8) is 0 Å². The Morgan fingerprint density at radius 2 is 1.88 bits per heavy atom. The molecule has 0 spiro atoms. The Morgan fingerprint density at radius 1 is 1.12 bits per heavy atom. The van der Waals surface area contributed by atoms with Crippen LogP contribution in [-0.4, -0.2) is 39.6 Å². The number of carboxylic acid groups (broad SMARTS) is 1. The average molecular weight is 445 g/mol. The van der Waals surface area contributed by atoms with E-state index in [4.69, 9.17) is 0 Å². The van der Waals surface area contributed by atoms with E-state index in [1.165, 1.54) is 0 Å². The smallest absolute Gasteiger partial charge is 0.377 e. The molecular weight excluding hydrogens is 414 g/mol. The summed E-state index contributed by atoms with van der Waals surface area (Å²) in [6.07, 6.45) is 6.14. The van der Waals surface area contributed by atoms with Crippen LogP contribution in [0.1, 0.15) is 61.9 Å². The largest absolute Gasteiger partial charge is 0.477 e. The molecule has 2 aliphatic rings. The fourth-order valence-electron chi connectivity index (χ4n) is 5.79. The molecule has 1 aromatic heterocycles. The Morgan fingerprint density at radius 3 is 2.64 bits per heavy atom. The summed E-state index contributed by atoms with van der Waals surface area (Å²) in [4.78, 5) is 30.7. The van der Waals surface area contributed by atoms with E-state index in [2.05, 4.69) is 16.9 Å². The highest BCUT2D eigenvalue weighted by Gasteiger charge is 2.59. The lowest BCUT2D eigenvalue weighted by atomic mass is 10.0. The Balaban J connectivity index is 1.86. The summed E-state index contributed by atoms with van der Waals surface area (Å²) in [5, 5.41) is 13.4. The van der Waals surface area contributed by atoms with Gasteiger partial charge in [0.1, 0.15) is 11.1 Å². The zero-order valence-corrected chi connectivity index (χ0v) is 19.2. The number of piperidine rings is 1. The Bertz CT molecular complexity index is 1270. The Kier molecular flexibility index (Phi) is 5.43. The van der Waals surface area contributed by atoms with Crippen LogP contribution in [0.15, 0.2) is 60.4 Å². The van der Waals surface area contributed by atoms with Gasteiger partial charge in [-0.05, 0) is 38.3 Å². The molecule has 3 heterocycles. The maximum Gasteiger partial charge on any atom is 0.377 e. The maximum absolute atomic E-state index is 14.8. The van der Waals surface area contributed by atoms with Crippen molar-refractivity contribution in [1.82, 2.24) is 14.6 Å². The molecule has 6 nitrogen and oxygen atoms in total. The molecule has 0 aliphatic carbocycles. The second kappa shape index (κ2) is 8.28. The molecule has 2 aromatic carbocycles. The van der Waals surface area contributed by atoms with Crippen LogP contribution in [0.4, 0.5) is 5.69 Å². The lowest BCUT2D eigenvalue weighted by Crippen LogP contribution is -2.67. The minimum Gasteiger partial charge on any atom is -0.477 e. The second-order valence-electron chi connectivity index (χ2n) is 9.09. The molecule has 0 bridgehead atoms. The standard InChI is InChI=1S/C27H29N3O3/c1-3-10-24-25(27(32)33)20-13-5-7-15-23(20)30(24,29-16-9-8-11-18(29)2)26(31)21-17-28-22-14-6-4-12-19(21)22/h4-7,12-15,17-18H,3,8-11,16H2,1-2H3,(H-,28,31,32,33)/p+1. The molecule has 6 heteroatoms. The molecule has 1 fully saturated rings. The van der Waals surface area contributed by atoms with Crippen molar-refractivity contribution in [2.24, 2.45) is 0 Å². The predicted octanol–water partition coefficient (Wildman–Crippen LogP) is 5.71. The number of nitrogens with zero attached hydrogens (tertiary/aromatic N) is 2. The molecule has 5 rings (SSSR count). The monoisotopic (exact) mass is 444 g/mol. The third-order valence-corrected chi connectivity index (χ3v) is 7.17. The highest BCUT2D eigenvalue weighted by atomic mass is 16.4. The number of amides is 1. The van der Waals surface area contributed by atoms with Gasteiger partial charge in [0.2, 0.25) is 0 Å². The highest BCUT2D eigenvalue weighted by Crippen LogP contribution is 2.51. The lowest BCUT2D eigenvalue weighted by molar-refractivity contribution is -0.130. The van der Waals surface area contributed by atoms with Crippen LogP contribution >= 0.6 is 0 Å². The molecule has 2 unspecified atom stereocenters. The predicted molar refractivity (Wildman–Crippen MR) is 130 cm³/mol. The van der Waals surface area contributed by atoms with E-state index < -0.39 is 5.97 Å². The number of hydrogen-bond donors (Lipinski definition) is 2. The molecule has 2 N–H and O–H groups in total. The van der Waals surface area contributed by atoms with E-state index in [1.807, 2.05) is 55.5 Å². The van der Waals surface area contributed by atoms with E-state index in [9.17, 15) is 14.7 Å². The summed E-state index contributed by atoms with van der Waals surface area (Å²) in [5.74, 6) is -1.06. The summed E-state index contributed by atoms with van der Waals surface area (Å²) in [6.45, 7) is 4.94. The number of rotatable bonds is 5. The molecule has 0 radical (unpaired) electrons. The zero-order valence-electron chi connectivity index (χ0n) is 19.2. The number of nitrogens with one attached hydrogen (secondary N) is 1. The Labute approximate surface area is 193 Å². The van der Waals surface area contributed by atoms with Gasteiger partial charge in [-0.15, -0.1) is 9.60 Å². The van der Waals surface area contributed by atoms with Crippen LogP contribution in [0.25, 0.3) is 16.5 Å². The molecule has 33 heavy (non-hydrogen) atoms. The molecule has 1 saturated heterocycles. The highest BCUT2D eigenvalue weighted by molar-refractivity contribution is 6.24. The summed E-state index contributed by atoms with van der Waals surface area (Å²) in [7, 11) is 0. The third kappa shape index (κ3) is 3.09. The summed E-state index contributed by atoms with van der Waals surface area (Å²) in [6, 6.07) is 15.5. The van der Waals surface area contributed by atoms with Crippen molar-refractivity contribution in [2.75, 3.05) is 6.54 Å². The number of carbonyl (C=O) groups excluding carboxylic acids is 1. The van der Waals surface area contributed by atoms with Gasteiger partial charge < -0.3 is 10.1 Å². The topological polar surface area (TPSA) is 73.4 Å². The number of aromatic amines is 1. The molecular formula is C27H30N3O3+. The van der Waals surface area contributed by atoms with Crippen molar-refractivity contribution in [1.29, 1.82) is 0 Å². The third-order valence-electron chi connectivity index (χ3n) is 7.17. The van der Waals surface area contributed by atoms with E-state index >= 15 is 0 Å². The second-order valence-corrected chi connectivity index (χ2v) is 9.09. The van der Waals surface area contributed by atoms with E-state index in [-0.39, 0.29) is 22.1 Å². The number of aromatic nitrogens is 1. The molecule has 2 atom stereocenters.